The zero-order valence-electron chi connectivity index (χ0n) is 12.1. The average molecular weight is 404 g/mol. The molecule has 0 saturated carbocycles. The lowest BCUT2D eigenvalue weighted by atomic mass is 10.0. The second-order valence-corrected chi connectivity index (χ2v) is 5.87. The molecule has 0 bridgehead atoms. The molecular weight excluding hydrogens is 385 g/mol. The van der Waals surface area contributed by atoms with Crippen LogP contribution in [0.4, 0.5) is 13.2 Å². The molecule has 0 aliphatic carbocycles. The number of hydrogen-bond acceptors (Lipinski definition) is 3. The van der Waals surface area contributed by atoms with Crippen LogP contribution in [-0.2, 0) is 0 Å². The smallest absolute Gasteiger partial charge is 0.390 e. The van der Waals surface area contributed by atoms with E-state index >= 15 is 0 Å². The van der Waals surface area contributed by atoms with Crippen molar-refractivity contribution in [1.82, 2.24) is 10.2 Å². The Morgan fingerprint density at radius 1 is 1.32 bits per heavy atom. The summed E-state index contributed by atoms with van der Waals surface area (Å²) in [6.07, 6.45) is -5.03. The molecule has 1 aromatic carbocycles. The minimum atomic E-state index is -4.19. The second-order valence-electron chi connectivity index (χ2n) is 5.02. The molecule has 8 heteroatoms. The van der Waals surface area contributed by atoms with Gasteiger partial charge in [-0.1, -0.05) is 6.07 Å². The van der Waals surface area contributed by atoms with E-state index in [-0.39, 0.29) is 12.4 Å². The van der Waals surface area contributed by atoms with E-state index in [9.17, 15) is 13.2 Å². The van der Waals surface area contributed by atoms with Gasteiger partial charge in [0, 0.05) is 32.2 Å². The van der Waals surface area contributed by atoms with E-state index in [1.807, 2.05) is 4.90 Å². The maximum Gasteiger partial charge on any atom is 0.390 e. The van der Waals surface area contributed by atoms with Crippen LogP contribution in [0.3, 0.4) is 0 Å². The molecule has 0 amide bonds. The van der Waals surface area contributed by atoms with Crippen LogP contribution >= 0.6 is 28.3 Å². The first-order chi connectivity index (χ1) is 9.90. The van der Waals surface area contributed by atoms with Crippen LogP contribution in [0.2, 0.25) is 0 Å². The first-order valence-electron chi connectivity index (χ1n) is 6.75. The standard InChI is InChI=1S/C14H18BrF3N2O.ClH/c1-21-13-3-2-10(8-11(13)15)12(9-14(16,17)18)20-6-4-19-5-7-20;/h2-3,8,12,19H,4-7,9H2,1H3;1H/t12-;/m0./s1. The molecular formula is C14H19BrClF3N2O. The molecule has 1 heterocycles. The van der Waals surface area contributed by atoms with Crippen LogP contribution in [0.5, 0.6) is 5.75 Å². The molecule has 1 aliphatic heterocycles. The van der Waals surface area contributed by atoms with Crippen LogP contribution in [0, 0.1) is 0 Å². The zero-order valence-corrected chi connectivity index (χ0v) is 14.5. The SMILES string of the molecule is COc1ccc([C@H](CC(F)(F)F)N2CCNCC2)cc1Br.Cl. The molecule has 1 atom stereocenters. The van der Waals surface area contributed by atoms with Crippen molar-refractivity contribution in [2.45, 2.75) is 18.6 Å². The highest BCUT2D eigenvalue weighted by atomic mass is 79.9. The van der Waals surface area contributed by atoms with Crippen molar-refractivity contribution in [3.63, 3.8) is 0 Å². The summed E-state index contributed by atoms with van der Waals surface area (Å²) in [6, 6.07) is 4.47. The average Bonchev–Trinajstić information content (AvgIpc) is 2.45. The summed E-state index contributed by atoms with van der Waals surface area (Å²) in [7, 11) is 1.53. The molecule has 0 unspecified atom stereocenters. The molecule has 0 radical (unpaired) electrons. The number of methoxy groups -OCH3 is 1. The number of nitrogens with one attached hydrogen (secondary N) is 1. The molecule has 1 fully saturated rings. The lowest BCUT2D eigenvalue weighted by molar-refractivity contribution is -0.148. The highest BCUT2D eigenvalue weighted by Gasteiger charge is 2.36. The van der Waals surface area contributed by atoms with E-state index in [1.54, 1.807) is 18.2 Å². The number of rotatable bonds is 4. The van der Waals surface area contributed by atoms with Gasteiger partial charge in [0.1, 0.15) is 5.75 Å². The van der Waals surface area contributed by atoms with E-state index < -0.39 is 18.6 Å². The van der Waals surface area contributed by atoms with Gasteiger partial charge in [-0.05, 0) is 33.6 Å². The molecule has 22 heavy (non-hydrogen) atoms. The van der Waals surface area contributed by atoms with Crippen molar-refractivity contribution in [2.75, 3.05) is 33.3 Å². The van der Waals surface area contributed by atoms with Gasteiger partial charge in [0.15, 0.2) is 0 Å². The molecule has 1 aromatic rings. The predicted octanol–water partition coefficient (Wildman–Crippen LogP) is 3.78. The quantitative estimate of drug-likeness (QED) is 0.828. The number of halogens is 5. The normalized spacial score (nSPS) is 17.7. The minimum Gasteiger partial charge on any atom is -0.496 e. The summed E-state index contributed by atoms with van der Waals surface area (Å²) in [6.45, 7) is 2.66. The van der Waals surface area contributed by atoms with Gasteiger partial charge >= 0.3 is 6.18 Å². The van der Waals surface area contributed by atoms with Crippen molar-refractivity contribution < 1.29 is 17.9 Å². The molecule has 3 nitrogen and oxygen atoms in total. The number of alkyl halides is 3. The Morgan fingerprint density at radius 3 is 2.45 bits per heavy atom. The van der Waals surface area contributed by atoms with Crippen LogP contribution < -0.4 is 10.1 Å². The zero-order chi connectivity index (χ0) is 15.5. The molecule has 2 rings (SSSR count). The highest BCUT2D eigenvalue weighted by molar-refractivity contribution is 9.10. The molecule has 1 aliphatic rings. The van der Waals surface area contributed by atoms with Crippen LogP contribution in [0.1, 0.15) is 18.0 Å². The summed E-state index contributed by atoms with van der Waals surface area (Å²) in [5.41, 5.74) is 0.655. The maximum atomic E-state index is 12.9. The lowest BCUT2D eigenvalue weighted by Gasteiger charge is -2.35. The van der Waals surface area contributed by atoms with Gasteiger partial charge in [0.2, 0.25) is 0 Å². The number of nitrogens with zero attached hydrogens (tertiary/aromatic N) is 1. The Balaban J connectivity index is 0.00000242. The Hall–Kier alpha value is -0.500. The number of hydrogen-bond donors (Lipinski definition) is 1. The third-order valence-corrected chi connectivity index (χ3v) is 4.20. The van der Waals surface area contributed by atoms with E-state index in [0.29, 0.717) is 42.0 Å². The van der Waals surface area contributed by atoms with Crippen LogP contribution in [-0.4, -0.2) is 44.4 Å². The lowest BCUT2D eigenvalue weighted by Crippen LogP contribution is -2.46. The van der Waals surface area contributed by atoms with Crippen LogP contribution in [0.25, 0.3) is 0 Å². The fourth-order valence-electron chi connectivity index (χ4n) is 2.56. The summed E-state index contributed by atoms with van der Waals surface area (Å²) < 4.78 is 44.5. The molecule has 1 N–H and O–H groups in total. The topological polar surface area (TPSA) is 24.5 Å². The van der Waals surface area contributed by atoms with Gasteiger partial charge in [-0.2, -0.15) is 13.2 Å². The molecule has 0 spiro atoms. The van der Waals surface area contributed by atoms with Gasteiger partial charge in [0.05, 0.1) is 18.0 Å². The summed E-state index contributed by atoms with van der Waals surface area (Å²) in [4.78, 5) is 1.89. The van der Waals surface area contributed by atoms with Crippen molar-refractivity contribution in [1.29, 1.82) is 0 Å². The van der Waals surface area contributed by atoms with Crippen molar-refractivity contribution in [3.8, 4) is 5.75 Å². The largest absolute Gasteiger partial charge is 0.496 e. The van der Waals surface area contributed by atoms with E-state index in [1.165, 1.54) is 7.11 Å². The predicted molar refractivity (Wildman–Crippen MR) is 85.8 cm³/mol. The third-order valence-electron chi connectivity index (χ3n) is 3.58. The van der Waals surface area contributed by atoms with Crippen molar-refractivity contribution in [3.05, 3.63) is 28.2 Å². The summed E-state index contributed by atoms with van der Waals surface area (Å²) in [5.74, 6) is 0.616. The maximum absolute atomic E-state index is 12.9. The van der Waals surface area contributed by atoms with E-state index in [2.05, 4.69) is 21.2 Å². The Bertz CT molecular complexity index is 482. The van der Waals surface area contributed by atoms with E-state index in [0.717, 1.165) is 0 Å². The number of ether oxygens (including phenoxy) is 1. The third kappa shape index (κ3) is 5.30. The minimum absolute atomic E-state index is 0. The Kier molecular flexibility index (Phi) is 7.45. The monoisotopic (exact) mass is 402 g/mol. The fraction of sp³-hybridized carbons (Fsp3) is 0.571. The fourth-order valence-corrected chi connectivity index (χ4v) is 3.12. The van der Waals surface area contributed by atoms with Crippen molar-refractivity contribution >= 4 is 28.3 Å². The molecule has 1 saturated heterocycles. The number of piperazine rings is 1. The summed E-state index contributed by atoms with van der Waals surface area (Å²) in [5, 5.41) is 3.16. The van der Waals surface area contributed by atoms with Gasteiger partial charge in [-0.25, -0.2) is 0 Å². The van der Waals surface area contributed by atoms with E-state index in [4.69, 9.17) is 4.74 Å². The Morgan fingerprint density at radius 2 is 1.95 bits per heavy atom. The number of benzene rings is 1. The highest BCUT2D eigenvalue weighted by Crippen LogP contribution is 2.36. The first-order valence-corrected chi connectivity index (χ1v) is 7.55. The van der Waals surface area contributed by atoms with Crippen LogP contribution in [0.15, 0.2) is 22.7 Å². The first kappa shape index (κ1) is 19.5. The van der Waals surface area contributed by atoms with Gasteiger partial charge in [-0.3, -0.25) is 4.90 Å². The molecule has 0 aromatic heterocycles. The van der Waals surface area contributed by atoms with Gasteiger partial charge < -0.3 is 10.1 Å². The van der Waals surface area contributed by atoms with Gasteiger partial charge in [-0.15, -0.1) is 12.4 Å². The summed E-state index contributed by atoms with van der Waals surface area (Å²) >= 11 is 3.34. The second kappa shape index (κ2) is 8.38. The Labute approximate surface area is 142 Å². The molecule has 126 valence electrons. The van der Waals surface area contributed by atoms with Gasteiger partial charge in [0.25, 0.3) is 0 Å². The van der Waals surface area contributed by atoms with Crippen molar-refractivity contribution in [2.24, 2.45) is 0 Å².